The summed E-state index contributed by atoms with van der Waals surface area (Å²) in [5.41, 5.74) is 1.03. The highest BCUT2D eigenvalue weighted by atomic mass is 16.4. The molecule has 1 saturated carbocycles. The first-order chi connectivity index (χ1) is 8.63. The summed E-state index contributed by atoms with van der Waals surface area (Å²) in [5.74, 6) is 0.236. The first-order valence-electron chi connectivity index (χ1n) is 6.35. The summed E-state index contributed by atoms with van der Waals surface area (Å²) >= 11 is 0. The first-order valence-corrected chi connectivity index (χ1v) is 6.35. The van der Waals surface area contributed by atoms with E-state index in [0.717, 1.165) is 18.0 Å². The van der Waals surface area contributed by atoms with E-state index in [1.807, 2.05) is 12.1 Å². The lowest BCUT2D eigenvalue weighted by molar-refractivity contribution is -0.137. The Morgan fingerprint density at radius 2 is 2.17 bits per heavy atom. The summed E-state index contributed by atoms with van der Waals surface area (Å²) in [6.07, 6.45) is 2.68. The zero-order valence-electron chi connectivity index (χ0n) is 10.4. The lowest BCUT2D eigenvalue weighted by atomic mass is 10.2. The third-order valence-electron chi connectivity index (χ3n) is 3.17. The van der Waals surface area contributed by atoms with Gasteiger partial charge in [-0.05, 0) is 36.5 Å². The molecule has 2 N–H and O–H groups in total. The van der Waals surface area contributed by atoms with Gasteiger partial charge in [-0.2, -0.15) is 0 Å². The summed E-state index contributed by atoms with van der Waals surface area (Å²) in [4.78, 5) is 12.8. The van der Waals surface area contributed by atoms with Crippen molar-refractivity contribution >= 4 is 5.97 Å². The zero-order valence-corrected chi connectivity index (χ0v) is 10.4. The van der Waals surface area contributed by atoms with E-state index >= 15 is 0 Å². The van der Waals surface area contributed by atoms with E-state index in [1.54, 1.807) is 12.1 Å². The standard InChI is InChI=1S/C14H19NO3/c16-13-3-1-2-12(8-13)10-15(7-6-14(17)18)9-11-4-5-11/h1-3,8,11,16H,4-7,9-10H2,(H,17,18). The number of carboxylic acids is 1. The zero-order chi connectivity index (χ0) is 13.0. The molecule has 0 saturated heterocycles. The van der Waals surface area contributed by atoms with E-state index in [4.69, 9.17) is 5.11 Å². The van der Waals surface area contributed by atoms with E-state index in [0.29, 0.717) is 13.1 Å². The van der Waals surface area contributed by atoms with Gasteiger partial charge in [-0.25, -0.2) is 0 Å². The van der Waals surface area contributed by atoms with Crippen LogP contribution in [0.1, 0.15) is 24.8 Å². The predicted octanol–water partition coefficient (Wildman–Crippen LogP) is 2.08. The molecule has 0 unspecified atom stereocenters. The average Bonchev–Trinajstić information content (AvgIpc) is 3.10. The van der Waals surface area contributed by atoms with Crippen molar-refractivity contribution in [1.29, 1.82) is 0 Å². The number of carboxylic acid groups (broad SMARTS) is 1. The molecule has 2 rings (SSSR count). The highest BCUT2D eigenvalue weighted by Crippen LogP contribution is 2.30. The SMILES string of the molecule is O=C(O)CCN(Cc1cccc(O)c1)CC1CC1. The van der Waals surface area contributed by atoms with Crippen LogP contribution < -0.4 is 0 Å². The van der Waals surface area contributed by atoms with Gasteiger partial charge in [-0.15, -0.1) is 0 Å². The molecule has 0 heterocycles. The maximum Gasteiger partial charge on any atom is 0.304 e. The van der Waals surface area contributed by atoms with Crippen LogP contribution in [0.5, 0.6) is 5.75 Å². The minimum absolute atomic E-state index is 0.172. The minimum Gasteiger partial charge on any atom is -0.508 e. The number of carbonyl (C=O) groups is 1. The van der Waals surface area contributed by atoms with Crippen molar-refractivity contribution in [1.82, 2.24) is 4.90 Å². The van der Waals surface area contributed by atoms with Crippen molar-refractivity contribution in [3.8, 4) is 5.75 Å². The van der Waals surface area contributed by atoms with Gasteiger partial charge in [0, 0.05) is 19.6 Å². The molecule has 0 aliphatic heterocycles. The molecule has 18 heavy (non-hydrogen) atoms. The van der Waals surface area contributed by atoms with E-state index in [2.05, 4.69) is 4.90 Å². The van der Waals surface area contributed by atoms with Crippen LogP contribution in [0.15, 0.2) is 24.3 Å². The third-order valence-corrected chi connectivity index (χ3v) is 3.17. The van der Waals surface area contributed by atoms with Crippen LogP contribution in [0.3, 0.4) is 0 Å². The number of hydrogen-bond acceptors (Lipinski definition) is 3. The Bertz CT molecular complexity index is 415. The molecule has 1 fully saturated rings. The van der Waals surface area contributed by atoms with Crippen molar-refractivity contribution < 1.29 is 15.0 Å². The number of phenols is 1. The van der Waals surface area contributed by atoms with Gasteiger partial charge < -0.3 is 10.2 Å². The van der Waals surface area contributed by atoms with Gasteiger partial charge in [-0.1, -0.05) is 12.1 Å². The normalized spacial score (nSPS) is 14.9. The Kier molecular flexibility index (Phi) is 4.20. The number of aromatic hydroxyl groups is 1. The number of phenolic OH excluding ortho intramolecular Hbond substituents is 1. The molecule has 98 valence electrons. The Morgan fingerprint density at radius 3 is 2.78 bits per heavy atom. The fourth-order valence-corrected chi connectivity index (χ4v) is 2.07. The number of benzene rings is 1. The van der Waals surface area contributed by atoms with Crippen molar-refractivity contribution in [2.45, 2.75) is 25.8 Å². The molecule has 4 nitrogen and oxygen atoms in total. The van der Waals surface area contributed by atoms with Gasteiger partial charge in [-0.3, -0.25) is 9.69 Å². The second-order valence-corrected chi connectivity index (χ2v) is 4.99. The van der Waals surface area contributed by atoms with Crippen LogP contribution >= 0.6 is 0 Å². The predicted molar refractivity (Wildman–Crippen MR) is 68.4 cm³/mol. The van der Waals surface area contributed by atoms with Gasteiger partial charge in [0.1, 0.15) is 5.75 Å². The maximum atomic E-state index is 10.6. The maximum absolute atomic E-state index is 10.6. The molecular formula is C14H19NO3. The highest BCUT2D eigenvalue weighted by Gasteiger charge is 2.24. The minimum atomic E-state index is -0.758. The van der Waals surface area contributed by atoms with Crippen LogP contribution in [-0.2, 0) is 11.3 Å². The summed E-state index contributed by atoms with van der Waals surface area (Å²) in [6, 6.07) is 7.16. The Morgan fingerprint density at radius 1 is 1.39 bits per heavy atom. The van der Waals surface area contributed by atoms with Crippen molar-refractivity contribution in [2.75, 3.05) is 13.1 Å². The van der Waals surface area contributed by atoms with Crippen LogP contribution in [-0.4, -0.2) is 34.2 Å². The molecule has 0 aromatic heterocycles. The van der Waals surface area contributed by atoms with Crippen molar-refractivity contribution in [3.63, 3.8) is 0 Å². The molecule has 1 aliphatic carbocycles. The van der Waals surface area contributed by atoms with E-state index < -0.39 is 5.97 Å². The molecule has 0 bridgehead atoms. The number of nitrogens with zero attached hydrogens (tertiary/aromatic N) is 1. The van der Waals surface area contributed by atoms with E-state index in [9.17, 15) is 9.90 Å². The van der Waals surface area contributed by atoms with Gasteiger partial charge >= 0.3 is 5.97 Å². The molecule has 0 amide bonds. The molecular weight excluding hydrogens is 230 g/mol. The summed E-state index contributed by atoms with van der Waals surface area (Å²) in [7, 11) is 0. The van der Waals surface area contributed by atoms with Crippen LogP contribution in [0.25, 0.3) is 0 Å². The summed E-state index contributed by atoms with van der Waals surface area (Å²) < 4.78 is 0. The molecule has 4 heteroatoms. The smallest absolute Gasteiger partial charge is 0.304 e. The van der Waals surface area contributed by atoms with Gasteiger partial charge in [0.2, 0.25) is 0 Å². The molecule has 0 radical (unpaired) electrons. The Hall–Kier alpha value is -1.55. The van der Waals surface area contributed by atoms with Gasteiger partial charge in [0.05, 0.1) is 6.42 Å². The van der Waals surface area contributed by atoms with Crippen LogP contribution in [0.4, 0.5) is 0 Å². The molecule has 1 aliphatic rings. The molecule has 1 aromatic rings. The van der Waals surface area contributed by atoms with E-state index in [-0.39, 0.29) is 12.2 Å². The Labute approximate surface area is 107 Å². The van der Waals surface area contributed by atoms with Crippen LogP contribution in [0.2, 0.25) is 0 Å². The second-order valence-electron chi connectivity index (χ2n) is 4.99. The van der Waals surface area contributed by atoms with Crippen LogP contribution in [0, 0.1) is 5.92 Å². The topological polar surface area (TPSA) is 60.8 Å². The van der Waals surface area contributed by atoms with Crippen molar-refractivity contribution in [2.24, 2.45) is 5.92 Å². The largest absolute Gasteiger partial charge is 0.508 e. The molecule has 0 atom stereocenters. The summed E-state index contributed by atoms with van der Waals surface area (Å²) in [6.45, 7) is 2.24. The first kappa shape index (κ1) is 12.9. The molecule has 0 spiro atoms. The number of aliphatic carboxylic acids is 1. The fourth-order valence-electron chi connectivity index (χ4n) is 2.07. The molecule has 1 aromatic carbocycles. The Balaban J connectivity index is 1.92. The quantitative estimate of drug-likeness (QED) is 0.776. The monoisotopic (exact) mass is 249 g/mol. The average molecular weight is 249 g/mol. The second kappa shape index (κ2) is 5.87. The van der Waals surface area contributed by atoms with E-state index in [1.165, 1.54) is 12.8 Å². The summed E-state index contributed by atoms with van der Waals surface area (Å²) in [5, 5.41) is 18.2. The fraction of sp³-hybridized carbons (Fsp3) is 0.500. The third kappa shape index (κ3) is 4.37. The van der Waals surface area contributed by atoms with Crippen molar-refractivity contribution in [3.05, 3.63) is 29.8 Å². The number of hydrogen-bond donors (Lipinski definition) is 2. The lowest BCUT2D eigenvalue weighted by Gasteiger charge is -2.21. The lowest BCUT2D eigenvalue weighted by Crippen LogP contribution is -2.28. The highest BCUT2D eigenvalue weighted by molar-refractivity contribution is 5.66. The van der Waals surface area contributed by atoms with Gasteiger partial charge in [0.25, 0.3) is 0 Å². The van der Waals surface area contributed by atoms with Gasteiger partial charge in [0.15, 0.2) is 0 Å². The number of rotatable bonds is 7.